The molecule has 1 aliphatic rings. The summed E-state index contributed by atoms with van der Waals surface area (Å²) in [5.41, 5.74) is 1.41. The number of aliphatic hydroxyl groups excluding tert-OH is 1. The summed E-state index contributed by atoms with van der Waals surface area (Å²) >= 11 is 0. The number of para-hydroxylation sites is 1. The standard InChI is InChI=1S/C23H34N6O4/c1-17-12-29(18(2)15-30)22(31)10-7-11-28-13-20(25-26-28)16-33-21(17)14-27(3)23(32)24-19-8-5-4-6-9-19/h4-6,8-9,13,17-18,21,30H,7,10-12,14-16H2,1-3H3,(H,24,32)/t17-,18+,21+/m1/s1. The number of rotatable bonds is 5. The molecule has 1 aromatic heterocycles. The number of nitrogens with one attached hydrogen (secondary N) is 1. The second-order valence-electron chi connectivity index (χ2n) is 8.66. The molecule has 0 saturated carbocycles. The quantitative estimate of drug-likeness (QED) is 0.708. The van der Waals surface area contributed by atoms with Crippen molar-refractivity contribution < 1.29 is 19.4 Å². The van der Waals surface area contributed by atoms with E-state index in [1.807, 2.05) is 50.4 Å². The zero-order chi connectivity index (χ0) is 23.8. The van der Waals surface area contributed by atoms with E-state index in [1.165, 1.54) is 0 Å². The molecule has 3 atom stereocenters. The smallest absolute Gasteiger partial charge is 0.321 e. The number of aryl methyl sites for hydroxylation is 1. The van der Waals surface area contributed by atoms with Crippen LogP contribution in [0, 0.1) is 5.92 Å². The summed E-state index contributed by atoms with van der Waals surface area (Å²) in [7, 11) is 1.71. The van der Waals surface area contributed by atoms with Gasteiger partial charge in [-0.25, -0.2) is 4.79 Å². The van der Waals surface area contributed by atoms with E-state index in [4.69, 9.17) is 4.74 Å². The lowest BCUT2D eigenvalue weighted by atomic mass is 10.0. The highest BCUT2D eigenvalue weighted by atomic mass is 16.5. The summed E-state index contributed by atoms with van der Waals surface area (Å²) in [5.74, 6) is -0.109. The Bertz CT molecular complexity index is 905. The normalized spacial score (nSPS) is 20.8. The first-order chi connectivity index (χ1) is 15.9. The fourth-order valence-corrected chi connectivity index (χ4v) is 3.79. The minimum Gasteiger partial charge on any atom is -0.394 e. The zero-order valence-corrected chi connectivity index (χ0v) is 19.6. The highest BCUT2D eigenvalue weighted by molar-refractivity contribution is 5.89. The number of ether oxygens (including phenoxy) is 1. The molecule has 2 N–H and O–H groups in total. The van der Waals surface area contributed by atoms with Crippen LogP contribution in [0.15, 0.2) is 36.5 Å². The van der Waals surface area contributed by atoms with E-state index in [-0.39, 0.29) is 43.2 Å². The number of benzene rings is 1. The molecule has 10 nitrogen and oxygen atoms in total. The molecule has 10 heteroatoms. The Balaban J connectivity index is 1.75. The van der Waals surface area contributed by atoms with Gasteiger partial charge in [-0.3, -0.25) is 9.48 Å². The number of aromatic nitrogens is 3. The van der Waals surface area contributed by atoms with Crippen molar-refractivity contribution in [2.45, 2.75) is 52.0 Å². The lowest BCUT2D eigenvalue weighted by molar-refractivity contribution is -0.136. The van der Waals surface area contributed by atoms with Crippen LogP contribution in [0.2, 0.25) is 0 Å². The Morgan fingerprint density at radius 3 is 2.85 bits per heavy atom. The van der Waals surface area contributed by atoms with E-state index < -0.39 is 0 Å². The lowest BCUT2D eigenvalue weighted by Crippen LogP contribution is -2.48. The molecule has 180 valence electrons. The first kappa shape index (κ1) is 24.7. The zero-order valence-electron chi connectivity index (χ0n) is 19.6. The van der Waals surface area contributed by atoms with Crippen molar-refractivity contribution in [3.8, 4) is 0 Å². The van der Waals surface area contributed by atoms with Gasteiger partial charge < -0.3 is 25.0 Å². The summed E-state index contributed by atoms with van der Waals surface area (Å²) in [6.07, 6.45) is 2.46. The number of anilines is 1. The first-order valence-corrected chi connectivity index (χ1v) is 11.4. The summed E-state index contributed by atoms with van der Waals surface area (Å²) in [4.78, 5) is 28.9. The number of aliphatic hydroxyl groups is 1. The molecule has 0 aliphatic carbocycles. The molecule has 2 aromatic rings. The summed E-state index contributed by atoms with van der Waals surface area (Å²) < 4.78 is 7.91. The SMILES string of the molecule is C[C@@H]1CN([C@@H](C)CO)C(=O)CCCn2cc(nn2)CO[C@H]1CN(C)C(=O)Nc1ccccc1. The lowest BCUT2D eigenvalue weighted by Gasteiger charge is -2.35. The predicted molar refractivity (Wildman–Crippen MR) is 123 cm³/mol. The first-order valence-electron chi connectivity index (χ1n) is 11.4. The van der Waals surface area contributed by atoms with Crippen LogP contribution in [-0.2, 0) is 22.7 Å². The number of hydrogen-bond donors (Lipinski definition) is 2. The largest absolute Gasteiger partial charge is 0.394 e. The molecule has 0 unspecified atom stereocenters. The second-order valence-corrected chi connectivity index (χ2v) is 8.66. The minimum atomic E-state index is -0.358. The third-order valence-corrected chi connectivity index (χ3v) is 5.87. The average molecular weight is 459 g/mol. The van der Waals surface area contributed by atoms with Crippen molar-refractivity contribution in [2.24, 2.45) is 5.92 Å². The number of hydrogen-bond acceptors (Lipinski definition) is 6. The van der Waals surface area contributed by atoms with Crippen LogP contribution in [0.4, 0.5) is 10.5 Å². The van der Waals surface area contributed by atoms with Gasteiger partial charge in [0.25, 0.3) is 0 Å². The van der Waals surface area contributed by atoms with Gasteiger partial charge in [0.15, 0.2) is 0 Å². The monoisotopic (exact) mass is 458 g/mol. The fraction of sp³-hybridized carbons (Fsp3) is 0.565. The van der Waals surface area contributed by atoms with Gasteiger partial charge in [-0.05, 0) is 25.5 Å². The number of nitrogens with zero attached hydrogens (tertiary/aromatic N) is 5. The molecule has 3 rings (SSSR count). The van der Waals surface area contributed by atoms with E-state index in [0.29, 0.717) is 43.9 Å². The third kappa shape index (κ3) is 7.00. The van der Waals surface area contributed by atoms with Crippen molar-refractivity contribution in [1.29, 1.82) is 0 Å². The number of fused-ring (bicyclic) bond motifs is 2. The van der Waals surface area contributed by atoms with Gasteiger partial charge in [0.05, 0.1) is 31.6 Å². The summed E-state index contributed by atoms with van der Waals surface area (Å²) in [6, 6.07) is 8.71. The van der Waals surface area contributed by atoms with Gasteiger partial charge in [-0.1, -0.05) is 30.3 Å². The van der Waals surface area contributed by atoms with Crippen LogP contribution in [0.3, 0.4) is 0 Å². The maximum Gasteiger partial charge on any atom is 0.321 e. The second kappa shape index (κ2) is 11.8. The Labute approximate surface area is 194 Å². The van der Waals surface area contributed by atoms with Crippen LogP contribution in [0.25, 0.3) is 0 Å². The number of amides is 3. The molecule has 33 heavy (non-hydrogen) atoms. The highest BCUT2D eigenvalue weighted by Gasteiger charge is 2.28. The average Bonchev–Trinajstić information content (AvgIpc) is 3.27. The fourth-order valence-electron chi connectivity index (χ4n) is 3.79. The maximum absolute atomic E-state index is 12.9. The molecule has 3 amide bonds. The van der Waals surface area contributed by atoms with E-state index >= 15 is 0 Å². The van der Waals surface area contributed by atoms with Crippen LogP contribution in [0.1, 0.15) is 32.4 Å². The van der Waals surface area contributed by atoms with Gasteiger partial charge in [0, 0.05) is 44.7 Å². The molecular weight excluding hydrogens is 424 g/mol. The predicted octanol–water partition coefficient (Wildman–Crippen LogP) is 1.97. The van der Waals surface area contributed by atoms with Gasteiger partial charge in [-0.15, -0.1) is 5.10 Å². The Morgan fingerprint density at radius 1 is 1.36 bits per heavy atom. The van der Waals surface area contributed by atoms with Crippen LogP contribution >= 0.6 is 0 Å². The summed E-state index contributed by atoms with van der Waals surface area (Å²) in [5, 5.41) is 20.8. The summed E-state index contributed by atoms with van der Waals surface area (Å²) in [6.45, 7) is 5.30. The number of likely N-dealkylation sites (N-methyl/N-ethyl adjacent to an activating group) is 1. The van der Waals surface area contributed by atoms with Crippen molar-refractivity contribution in [3.05, 3.63) is 42.2 Å². The van der Waals surface area contributed by atoms with Crippen LogP contribution in [0.5, 0.6) is 0 Å². The molecule has 2 heterocycles. The molecular formula is C23H34N6O4. The molecule has 2 bridgehead atoms. The van der Waals surface area contributed by atoms with E-state index in [9.17, 15) is 14.7 Å². The molecule has 0 radical (unpaired) electrons. The molecule has 0 spiro atoms. The van der Waals surface area contributed by atoms with E-state index in [0.717, 1.165) is 0 Å². The van der Waals surface area contributed by atoms with Gasteiger partial charge >= 0.3 is 6.03 Å². The topological polar surface area (TPSA) is 113 Å². The van der Waals surface area contributed by atoms with Gasteiger partial charge in [0.1, 0.15) is 5.69 Å². The molecule has 0 fully saturated rings. The molecule has 1 aromatic carbocycles. The Morgan fingerprint density at radius 2 is 2.12 bits per heavy atom. The van der Waals surface area contributed by atoms with Gasteiger partial charge in [0.2, 0.25) is 5.91 Å². The van der Waals surface area contributed by atoms with Crippen molar-refractivity contribution in [1.82, 2.24) is 24.8 Å². The van der Waals surface area contributed by atoms with Crippen molar-refractivity contribution in [3.63, 3.8) is 0 Å². The minimum absolute atomic E-state index is 0.0167. The Kier molecular flexibility index (Phi) is 8.79. The molecule has 0 saturated heterocycles. The van der Waals surface area contributed by atoms with Crippen LogP contribution < -0.4 is 5.32 Å². The maximum atomic E-state index is 12.9. The van der Waals surface area contributed by atoms with E-state index in [2.05, 4.69) is 15.6 Å². The van der Waals surface area contributed by atoms with Crippen molar-refractivity contribution >= 4 is 17.6 Å². The van der Waals surface area contributed by atoms with Crippen molar-refractivity contribution in [2.75, 3.05) is 32.1 Å². The third-order valence-electron chi connectivity index (χ3n) is 5.87. The number of carbonyl (C=O) groups is 2. The Hall–Kier alpha value is -2.98. The van der Waals surface area contributed by atoms with Gasteiger partial charge in [-0.2, -0.15) is 0 Å². The number of urea groups is 1. The number of carbonyl (C=O) groups excluding carboxylic acids is 2. The van der Waals surface area contributed by atoms with E-state index in [1.54, 1.807) is 21.5 Å². The molecule has 1 aliphatic heterocycles. The van der Waals surface area contributed by atoms with Crippen LogP contribution in [-0.4, -0.2) is 80.7 Å². The highest BCUT2D eigenvalue weighted by Crippen LogP contribution is 2.18.